The number of hydrogen-bond donors (Lipinski definition) is 1. The zero-order valence-electron chi connectivity index (χ0n) is 21.7. The highest BCUT2D eigenvalue weighted by molar-refractivity contribution is 6.32. The molecule has 5 aromatic rings. The summed E-state index contributed by atoms with van der Waals surface area (Å²) in [5.41, 5.74) is 4.26. The molecule has 2 aromatic heterocycles. The third kappa shape index (κ3) is 5.77. The molecule has 6 rings (SSSR count). The Kier molecular flexibility index (Phi) is 7.33. The Labute approximate surface area is 236 Å². The van der Waals surface area contributed by atoms with Crippen molar-refractivity contribution in [3.05, 3.63) is 102 Å². The van der Waals surface area contributed by atoms with E-state index >= 15 is 0 Å². The van der Waals surface area contributed by atoms with Crippen LogP contribution < -0.4 is 10.1 Å². The van der Waals surface area contributed by atoms with Gasteiger partial charge in [0.05, 0.1) is 10.5 Å². The Balaban J connectivity index is 1.18. The maximum absolute atomic E-state index is 13.4. The van der Waals surface area contributed by atoms with E-state index in [0.717, 1.165) is 59.2 Å². The zero-order valence-corrected chi connectivity index (χ0v) is 22.4. The highest BCUT2D eigenvalue weighted by atomic mass is 35.5. The summed E-state index contributed by atoms with van der Waals surface area (Å²) in [5, 5.41) is 4.61. The number of carbonyl (C=O) groups is 1. The van der Waals surface area contributed by atoms with Crippen molar-refractivity contribution in [3.63, 3.8) is 0 Å². The molecule has 202 valence electrons. The molecular weight excluding hydrogens is 529 g/mol. The molecule has 0 atom stereocenters. The second-order valence-corrected chi connectivity index (χ2v) is 10.2. The zero-order chi connectivity index (χ0) is 27.5. The number of likely N-dealkylation sites (tertiary alicyclic amines) is 1. The van der Waals surface area contributed by atoms with Crippen LogP contribution in [0.1, 0.15) is 18.4 Å². The molecule has 0 spiro atoms. The number of anilines is 2. The number of amides is 1. The van der Waals surface area contributed by atoms with E-state index in [1.165, 1.54) is 18.5 Å². The summed E-state index contributed by atoms with van der Waals surface area (Å²) in [6.45, 7) is 2.25. The van der Waals surface area contributed by atoms with E-state index in [4.69, 9.17) is 16.3 Å². The molecule has 0 unspecified atom stereocenters. The predicted octanol–water partition coefficient (Wildman–Crippen LogP) is 6.84. The number of nitrogens with zero attached hydrogens (tertiary/aromatic N) is 4. The second-order valence-electron chi connectivity index (χ2n) is 9.80. The molecule has 1 fully saturated rings. The number of carbonyl (C=O) groups excluding carboxylic acids is 1. The monoisotopic (exact) mass is 555 g/mol. The third-order valence-electron chi connectivity index (χ3n) is 6.97. The Morgan fingerprint density at radius 3 is 2.70 bits per heavy atom. The fourth-order valence-corrected chi connectivity index (χ4v) is 5.12. The lowest BCUT2D eigenvalue weighted by molar-refractivity contribution is -0.130. The van der Waals surface area contributed by atoms with Gasteiger partial charge < -0.3 is 19.5 Å². The van der Waals surface area contributed by atoms with Crippen molar-refractivity contribution in [2.75, 3.05) is 18.4 Å². The minimum Gasteiger partial charge on any atom is -0.487 e. The summed E-state index contributed by atoms with van der Waals surface area (Å²) in [5.74, 6) is 0.985. The number of benzene rings is 3. The van der Waals surface area contributed by atoms with E-state index in [1.807, 2.05) is 52.2 Å². The molecule has 40 heavy (non-hydrogen) atoms. The van der Waals surface area contributed by atoms with Crippen LogP contribution in [0.5, 0.6) is 5.75 Å². The van der Waals surface area contributed by atoms with Gasteiger partial charge in [0.25, 0.3) is 0 Å². The molecule has 1 saturated heterocycles. The highest BCUT2D eigenvalue weighted by Crippen LogP contribution is 2.32. The molecule has 1 aliphatic rings. The lowest BCUT2D eigenvalue weighted by atomic mass is 10.1. The molecule has 9 heteroatoms. The average Bonchev–Trinajstić information content (AvgIpc) is 3.66. The molecule has 1 aliphatic heterocycles. The first kappa shape index (κ1) is 25.8. The first-order valence-corrected chi connectivity index (χ1v) is 13.5. The number of nitrogens with one attached hydrogen (secondary N) is 1. The second kappa shape index (κ2) is 11.4. The molecule has 0 radical (unpaired) electrons. The standard InChI is InChI=1S/C31H27ClFN5O2/c32-27-16-25(7-9-29(27)40-19-21-4-3-5-24(33)14-21)36-31-26-15-22(6-8-28(26)34-20-35-31)23-10-13-37(17-23)18-30(39)38-11-1-2-12-38/h3-10,13-17,20H,1-2,11-12,18-19H2,(H,34,35,36). The molecule has 3 heterocycles. The fraction of sp³-hybridized carbons (Fsp3) is 0.194. The SMILES string of the molecule is O=C(Cn1ccc(-c2ccc3ncnc(Nc4ccc(OCc5cccc(F)c5)c(Cl)c4)c3c2)c1)N1CCCC1. The molecule has 1 amide bonds. The molecule has 0 saturated carbocycles. The summed E-state index contributed by atoms with van der Waals surface area (Å²) < 4.78 is 21.2. The van der Waals surface area contributed by atoms with Crippen LogP contribution in [0.3, 0.4) is 0 Å². The normalized spacial score (nSPS) is 13.1. The Bertz CT molecular complexity index is 1680. The summed E-state index contributed by atoms with van der Waals surface area (Å²) in [6, 6.07) is 19.7. The summed E-state index contributed by atoms with van der Waals surface area (Å²) in [4.78, 5) is 23.4. The number of halogens is 2. The van der Waals surface area contributed by atoms with E-state index < -0.39 is 0 Å². The molecule has 7 nitrogen and oxygen atoms in total. The molecule has 3 aromatic carbocycles. The van der Waals surface area contributed by atoms with E-state index in [0.29, 0.717) is 23.1 Å². The van der Waals surface area contributed by atoms with Gasteiger partial charge in [-0.2, -0.15) is 0 Å². The minimum absolute atomic E-state index is 0.155. The number of ether oxygens (including phenoxy) is 1. The van der Waals surface area contributed by atoms with Crippen LogP contribution >= 0.6 is 11.6 Å². The van der Waals surface area contributed by atoms with Crippen molar-refractivity contribution in [1.82, 2.24) is 19.4 Å². The van der Waals surface area contributed by atoms with Gasteiger partial charge in [-0.25, -0.2) is 14.4 Å². The molecular formula is C31H27ClFN5O2. The van der Waals surface area contributed by atoms with E-state index in [2.05, 4.69) is 15.3 Å². The number of hydrogen-bond acceptors (Lipinski definition) is 5. The van der Waals surface area contributed by atoms with Gasteiger partial charge in [-0.15, -0.1) is 0 Å². The van der Waals surface area contributed by atoms with Crippen LogP contribution in [0, 0.1) is 5.82 Å². The minimum atomic E-state index is -0.308. The summed E-state index contributed by atoms with van der Waals surface area (Å²) in [7, 11) is 0. The Morgan fingerprint density at radius 1 is 1.00 bits per heavy atom. The third-order valence-corrected chi connectivity index (χ3v) is 7.27. The van der Waals surface area contributed by atoms with Crippen molar-refractivity contribution < 1.29 is 13.9 Å². The number of fused-ring (bicyclic) bond motifs is 1. The van der Waals surface area contributed by atoms with Gasteiger partial charge in [-0.05, 0) is 78.1 Å². The van der Waals surface area contributed by atoms with Crippen LogP contribution in [0.15, 0.2) is 85.5 Å². The summed E-state index contributed by atoms with van der Waals surface area (Å²) in [6.07, 6.45) is 7.61. The number of aromatic nitrogens is 3. The largest absolute Gasteiger partial charge is 0.487 e. The van der Waals surface area contributed by atoms with Gasteiger partial charge in [-0.3, -0.25) is 4.79 Å². The topological polar surface area (TPSA) is 72.3 Å². The van der Waals surface area contributed by atoms with Crippen molar-refractivity contribution in [2.24, 2.45) is 0 Å². The van der Waals surface area contributed by atoms with Gasteiger partial charge in [-0.1, -0.05) is 29.8 Å². The fourth-order valence-electron chi connectivity index (χ4n) is 4.89. The van der Waals surface area contributed by atoms with Crippen LogP contribution in [0.25, 0.3) is 22.0 Å². The molecule has 0 aliphatic carbocycles. The number of rotatable bonds is 8. The summed E-state index contributed by atoms with van der Waals surface area (Å²) >= 11 is 6.50. The van der Waals surface area contributed by atoms with Gasteiger partial charge in [0.2, 0.25) is 5.91 Å². The van der Waals surface area contributed by atoms with Crippen molar-refractivity contribution in [1.29, 1.82) is 0 Å². The first-order chi connectivity index (χ1) is 19.5. The Morgan fingerprint density at radius 2 is 1.88 bits per heavy atom. The highest BCUT2D eigenvalue weighted by Gasteiger charge is 2.18. The van der Waals surface area contributed by atoms with Crippen molar-refractivity contribution >= 4 is 39.9 Å². The van der Waals surface area contributed by atoms with Gasteiger partial charge in [0.1, 0.15) is 36.9 Å². The molecule has 0 bridgehead atoms. The van der Waals surface area contributed by atoms with Crippen molar-refractivity contribution in [2.45, 2.75) is 26.0 Å². The molecule has 1 N–H and O–H groups in total. The first-order valence-electron chi connectivity index (χ1n) is 13.1. The lowest BCUT2D eigenvalue weighted by Crippen LogP contribution is -2.30. The van der Waals surface area contributed by atoms with Crippen molar-refractivity contribution in [3.8, 4) is 16.9 Å². The Hall–Kier alpha value is -4.43. The van der Waals surface area contributed by atoms with Crippen LogP contribution in [0.4, 0.5) is 15.9 Å². The average molecular weight is 556 g/mol. The maximum atomic E-state index is 13.4. The van der Waals surface area contributed by atoms with Gasteiger partial charge in [0, 0.05) is 36.6 Å². The van der Waals surface area contributed by atoms with Crippen LogP contribution in [-0.4, -0.2) is 38.4 Å². The smallest absolute Gasteiger partial charge is 0.242 e. The van der Waals surface area contributed by atoms with E-state index in [-0.39, 0.29) is 18.3 Å². The van der Waals surface area contributed by atoms with E-state index in [9.17, 15) is 9.18 Å². The predicted molar refractivity (Wildman–Crippen MR) is 154 cm³/mol. The van der Waals surface area contributed by atoms with Gasteiger partial charge in [0.15, 0.2) is 0 Å². The van der Waals surface area contributed by atoms with Crippen LogP contribution in [-0.2, 0) is 17.9 Å². The maximum Gasteiger partial charge on any atom is 0.242 e. The van der Waals surface area contributed by atoms with Gasteiger partial charge >= 0.3 is 0 Å². The van der Waals surface area contributed by atoms with E-state index in [1.54, 1.807) is 24.3 Å². The lowest BCUT2D eigenvalue weighted by Gasteiger charge is -2.15. The quantitative estimate of drug-likeness (QED) is 0.227. The van der Waals surface area contributed by atoms with Crippen LogP contribution in [0.2, 0.25) is 5.02 Å².